The molecule has 0 spiro atoms. The molecular weight excluding hydrogens is 238 g/mol. The van der Waals surface area contributed by atoms with Crippen LogP contribution in [0.1, 0.15) is 31.9 Å². The molecule has 104 valence electrons. The number of amides is 1. The Kier molecular flexibility index (Phi) is 3.83. The molecule has 2 rings (SSSR count). The molecule has 3 nitrogen and oxygen atoms in total. The normalized spacial score (nSPS) is 16.1. The van der Waals surface area contributed by atoms with E-state index >= 15 is 0 Å². The van der Waals surface area contributed by atoms with Crippen LogP contribution in [-0.2, 0) is 11.2 Å². The van der Waals surface area contributed by atoms with Gasteiger partial charge in [-0.25, -0.2) is 4.79 Å². The van der Waals surface area contributed by atoms with E-state index in [0.717, 1.165) is 19.5 Å². The summed E-state index contributed by atoms with van der Waals surface area (Å²) in [7, 11) is 0. The highest BCUT2D eigenvalue weighted by Crippen LogP contribution is 2.24. The molecule has 1 aromatic rings. The van der Waals surface area contributed by atoms with E-state index in [1.54, 1.807) is 4.90 Å². The molecular formula is C16H23NO2. The van der Waals surface area contributed by atoms with Crippen LogP contribution in [0.25, 0.3) is 0 Å². The Balaban J connectivity index is 1.81. The van der Waals surface area contributed by atoms with E-state index in [2.05, 4.69) is 31.2 Å². The first kappa shape index (κ1) is 13.9. The minimum absolute atomic E-state index is 0.187. The highest BCUT2D eigenvalue weighted by molar-refractivity contribution is 5.69. The van der Waals surface area contributed by atoms with E-state index < -0.39 is 5.60 Å². The van der Waals surface area contributed by atoms with Crippen LogP contribution < -0.4 is 0 Å². The van der Waals surface area contributed by atoms with Gasteiger partial charge in [-0.15, -0.1) is 0 Å². The average Bonchev–Trinajstić information content (AvgIpc) is 2.22. The average molecular weight is 261 g/mol. The van der Waals surface area contributed by atoms with Crippen LogP contribution in [0.15, 0.2) is 24.3 Å². The zero-order valence-electron chi connectivity index (χ0n) is 12.3. The van der Waals surface area contributed by atoms with Gasteiger partial charge in [-0.05, 0) is 51.2 Å². The van der Waals surface area contributed by atoms with Gasteiger partial charge >= 0.3 is 6.09 Å². The second-order valence-electron chi connectivity index (χ2n) is 6.38. The summed E-state index contributed by atoms with van der Waals surface area (Å²) in [5.74, 6) is 0.564. The molecule has 1 aliphatic rings. The van der Waals surface area contributed by atoms with Gasteiger partial charge in [-0.3, -0.25) is 0 Å². The zero-order valence-corrected chi connectivity index (χ0v) is 12.3. The second-order valence-corrected chi connectivity index (χ2v) is 6.38. The van der Waals surface area contributed by atoms with Crippen molar-refractivity contribution in [2.24, 2.45) is 5.92 Å². The number of hydrogen-bond donors (Lipinski definition) is 0. The molecule has 0 radical (unpaired) electrons. The van der Waals surface area contributed by atoms with Crippen LogP contribution >= 0.6 is 0 Å². The highest BCUT2D eigenvalue weighted by atomic mass is 16.6. The largest absolute Gasteiger partial charge is 0.444 e. The van der Waals surface area contributed by atoms with Gasteiger partial charge in [0.15, 0.2) is 0 Å². The molecule has 19 heavy (non-hydrogen) atoms. The van der Waals surface area contributed by atoms with Gasteiger partial charge in [-0.1, -0.05) is 24.3 Å². The number of hydrogen-bond acceptors (Lipinski definition) is 2. The lowest BCUT2D eigenvalue weighted by molar-refractivity contribution is -0.000888. The fraction of sp³-hybridized carbons (Fsp3) is 0.562. The Morgan fingerprint density at radius 2 is 1.95 bits per heavy atom. The maximum absolute atomic E-state index is 11.8. The molecule has 0 aliphatic carbocycles. The van der Waals surface area contributed by atoms with Crippen LogP contribution in [0.3, 0.4) is 0 Å². The monoisotopic (exact) mass is 261 g/mol. The zero-order chi connectivity index (χ0) is 14.0. The molecule has 1 aromatic carbocycles. The van der Waals surface area contributed by atoms with E-state index in [1.165, 1.54) is 11.1 Å². The van der Waals surface area contributed by atoms with Gasteiger partial charge in [0.25, 0.3) is 0 Å². The fourth-order valence-corrected chi connectivity index (χ4v) is 2.32. The Bertz CT molecular complexity index is 456. The van der Waals surface area contributed by atoms with E-state index in [0.29, 0.717) is 5.92 Å². The van der Waals surface area contributed by atoms with Gasteiger partial charge in [0.2, 0.25) is 0 Å². The number of nitrogens with zero attached hydrogens (tertiary/aromatic N) is 1. The number of rotatable bonds is 2. The number of benzene rings is 1. The molecule has 0 atom stereocenters. The predicted octanol–water partition coefficient (Wildman–Crippen LogP) is 3.40. The second kappa shape index (κ2) is 5.24. The van der Waals surface area contributed by atoms with Crippen LogP contribution in [0, 0.1) is 12.8 Å². The molecule has 0 bridgehead atoms. The summed E-state index contributed by atoms with van der Waals surface area (Å²) in [6.07, 6.45) is 0.861. The van der Waals surface area contributed by atoms with E-state index in [1.807, 2.05) is 20.8 Å². The molecule has 1 saturated heterocycles. The summed E-state index contributed by atoms with van der Waals surface area (Å²) in [6.45, 7) is 9.45. The molecule has 1 heterocycles. The lowest BCUT2D eigenvalue weighted by atomic mass is 9.91. The summed E-state index contributed by atoms with van der Waals surface area (Å²) < 4.78 is 5.35. The van der Waals surface area contributed by atoms with E-state index in [-0.39, 0.29) is 6.09 Å². The van der Waals surface area contributed by atoms with Gasteiger partial charge in [0.1, 0.15) is 5.60 Å². The minimum Gasteiger partial charge on any atom is -0.444 e. The predicted molar refractivity (Wildman–Crippen MR) is 76.2 cm³/mol. The fourth-order valence-electron chi connectivity index (χ4n) is 2.32. The summed E-state index contributed by atoms with van der Waals surface area (Å²) in [5.41, 5.74) is 2.31. The minimum atomic E-state index is -0.405. The van der Waals surface area contributed by atoms with Gasteiger partial charge < -0.3 is 9.64 Å². The SMILES string of the molecule is Cc1ccccc1CC1CN(C(=O)OC(C)(C)C)C1. The first-order valence-corrected chi connectivity index (χ1v) is 6.87. The number of likely N-dealkylation sites (tertiary alicyclic amines) is 1. The Morgan fingerprint density at radius 3 is 2.53 bits per heavy atom. The van der Waals surface area contributed by atoms with Crippen molar-refractivity contribution < 1.29 is 9.53 Å². The van der Waals surface area contributed by atoms with Crippen LogP contribution in [0.4, 0.5) is 4.79 Å². The number of carbonyl (C=O) groups excluding carboxylic acids is 1. The summed E-state index contributed by atoms with van der Waals surface area (Å²) in [4.78, 5) is 13.6. The maximum atomic E-state index is 11.8. The van der Waals surface area contributed by atoms with Crippen LogP contribution in [0.5, 0.6) is 0 Å². The lowest BCUT2D eigenvalue weighted by Crippen LogP contribution is -2.52. The Labute approximate surface area is 115 Å². The number of aryl methyl sites for hydroxylation is 1. The third-order valence-electron chi connectivity index (χ3n) is 3.38. The molecule has 3 heteroatoms. The maximum Gasteiger partial charge on any atom is 0.410 e. The van der Waals surface area contributed by atoms with Crippen molar-refractivity contribution in [1.29, 1.82) is 0 Å². The van der Waals surface area contributed by atoms with Gasteiger partial charge in [-0.2, -0.15) is 0 Å². The molecule has 0 aromatic heterocycles. The van der Waals surface area contributed by atoms with Crippen molar-refractivity contribution in [3.8, 4) is 0 Å². The summed E-state index contributed by atoms with van der Waals surface area (Å²) in [6, 6.07) is 8.45. The molecule has 0 N–H and O–H groups in total. The van der Waals surface area contributed by atoms with Crippen LogP contribution in [-0.4, -0.2) is 29.7 Å². The van der Waals surface area contributed by atoms with Gasteiger partial charge in [0.05, 0.1) is 0 Å². The lowest BCUT2D eigenvalue weighted by Gasteiger charge is -2.40. The van der Waals surface area contributed by atoms with Crippen LogP contribution in [0.2, 0.25) is 0 Å². The van der Waals surface area contributed by atoms with E-state index in [9.17, 15) is 4.79 Å². The van der Waals surface area contributed by atoms with E-state index in [4.69, 9.17) is 4.74 Å². The number of carbonyl (C=O) groups is 1. The first-order chi connectivity index (χ1) is 8.85. The van der Waals surface area contributed by atoms with Crippen molar-refractivity contribution >= 4 is 6.09 Å². The quantitative estimate of drug-likeness (QED) is 0.816. The van der Waals surface area contributed by atoms with Crippen molar-refractivity contribution in [2.75, 3.05) is 13.1 Å². The Hall–Kier alpha value is -1.51. The standard InChI is InChI=1S/C16H23NO2/c1-12-7-5-6-8-14(12)9-13-10-17(11-13)15(18)19-16(2,3)4/h5-8,13H,9-11H2,1-4H3. The molecule has 1 fully saturated rings. The third kappa shape index (κ3) is 3.72. The summed E-state index contributed by atoms with van der Waals surface area (Å²) in [5, 5.41) is 0. The summed E-state index contributed by atoms with van der Waals surface area (Å²) >= 11 is 0. The van der Waals surface area contributed by atoms with Crippen molar-refractivity contribution in [1.82, 2.24) is 4.90 Å². The molecule has 1 amide bonds. The molecule has 0 unspecified atom stereocenters. The molecule has 1 aliphatic heterocycles. The Morgan fingerprint density at radius 1 is 1.32 bits per heavy atom. The van der Waals surface area contributed by atoms with Crippen molar-refractivity contribution in [2.45, 2.75) is 39.7 Å². The number of ether oxygens (including phenoxy) is 1. The third-order valence-corrected chi connectivity index (χ3v) is 3.38. The van der Waals surface area contributed by atoms with Gasteiger partial charge in [0, 0.05) is 13.1 Å². The smallest absolute Gasteiger partial charge is 0.410 e. The topological polar surface area (TPSA) is 29.5 Å². The van der Waals surface area contributed by atoms with Crippen molar-refractivity contribution in [3.05, 3.63) is 35.4 Å². The highest BCUT2D eigenvalue weighted by Gasteiger charge is 2.33. The first-order valence-electron chi connectivity index (χ1n) is 6.87. The molecule has 0 saturated carbocycles. The van der Waals surface area contributed by atoms with Crippen molar-refractivity contribution in [3.63, 3.8) is 0 Å².